The zero-order valence-corrected chi connectivity index (χ0v) is 17.4. The summed E-state index contributed by atoms with van der Waals surface area (Å²) in [4.78, 5) is 31.5. The molecule has 2 heterocycles. The van der Waals surface area contributed by atoms with Crippen LogP contribution in [0.5, 0.6) is 0 Å². The van der Waals surface area contributed by atoms with Gasteiger partial charge in [-0.2, -0.15) is 0 Å². The van der Waals surface area contributed by atoms with E-state index in [0.29, 0.717) is 5.39 Å². The summed E-state index contributed by atoms with van der Waals surface area (Å²) in [6.45, 7) is 5.88. The Kier molecular flexibility index (Phi) is 5.06. The minimum absolute atomic E-state index is 0.0224. The molecule has 1 amide bonds. The van der Waals surface area contributed by atoms with Crippen molar-refractivity contribution in [3.63, 3.8) is 0 Å². The molecule has 0 bridgehead atoms. The molecule has 1 aliphatic carbocycles. The maximum atomic E-state index is 12.8. The first-order valence-electron chi connectivity index (χ1n) is 9.80. The molecular weight excluding hydrogens is 370 g/mol. The van der Waals surface area contributed by atoms with Crippen molar-refractivity contribution in [1.82, 2.24) is 14.9 Å². The molecule has 2 aromatic heterocycles. The number of nitrogens with zero attached hydrogens (tertiary/aromatic N) is 2. The fraction of sp³-hybridized carbons (Fsp3) is 0.409. The van der Waals surface area contributed by atoms with Gasteiger partial charge in [-0.05, 0) is 68.7 Å². The van der Waals surface area contributed by atoms with Crippen molar-refractivity contribution in [2.45, 2.75) is 59.0 Å². The highest BCUT2D eigenvalue weighted by molar-refractivity contribution is 7.18. The van der Waals surface area contributed by atoms with E-state index in [-0.39, 0.29) is 24.1 Å². The highest BCUT2D eigenvalue weighted by Crippen LogP contribution is 2.26. The van der Waals surface area contributed by atoms with Crippen molar-refractivity contribution in [2.75, 3.05) is 0 Å². The van der Waals surface area contributed by atoms with Gasteiger partial charge in [0.25, 0.3) is 5.56 Å². The lowest BCUT2D eigenvalue weighted by molar-refractivity contribution is -0.122. The van der Waals surface area contributed by atoms with E-state index in [1.54, 1.807) is 0 Å². The summed E-state index contributed by atoms with van der Waals surface area (Å²) in [6.07, 6.45) is 6.23. The molecule has 1 atom stereocenters. The van der Waals surface area contributed by atoms with Crippen molar-refractivity contribution >= 4 is 27.5 Å². The molecule has 0 unspecified atom stereocenters. The number of aryl methyl sites for hydroxylation is 4. The smallest absolute Gasteiger partial charge is 0.262 e. The molecule has 28 heavy (non-hydrogen) atoms. The molecule has 1 aromatic carbocycles. The first kappa shape index (κ1) is 18.9. The molecule has 146 valence electrons. The van der Waals surface area contributed by atoms with Gasteiger partial charge in [0.1, 0.15) is 11.4 Å². The number of benzene rings is 1. The van der Waals surface area contributed by atoms with Crippen molar-refractivity contribution in [2.24, 2.45) is 0 Å². The highest BCUT2D eigenvalue weighted by atomic mass is 32.1. The summed E-state index contributed by atoms with van der Waals surface area (Å²) in [5.74, 6) is -0.182. The molecule has 0 fully saturated rings. The molecule has 1 aliphatic rings. The summed E-state index contributed by atoms with van der Waals surface area (Å²) in [6, 6.07) is 6.41. The highest BCUT2D eigenvalue weighted by Gasteiger charge is 2.16. The third-order valence-electron chi connectivity index (χ3n) is 5.72. The van der Waals surface area contributed by atoms with Gasteiger partial charge in [0.2, 0.25) is 5.91 Å². The third-order valence-corrected chi connectivity index (χ3v) is 6.84. The molecule has 0 radical (unpaired) electrons. The number of hydrogen-bond donors (Lipinski definition) is 1. The summed E-state index contributed by atoms with van der Waals surface area (Å²) in [5.41, 5.74) is 4.75. The quantitative estimate of drug-likeness (QED) is 0.730. The number of aromatic nitrogens is 2. The van der Waals surface area contributed by atoms with Crippen LogP contribution in [0.4, 0.5) is 0 Å². The van der Waals surface area contributed by atoms with Crippen LogP contribution in [-0.4, -0.2) is 15.5 Å². The predicted octanol–water partition coefficient (Wildman–Crippen LogP) is 3.83. The molecule has 1 N–H and O–H groups in total. The summed E-state index contributed by atoms with van der Waals surface area (Å²) < 4.78 is 1.40. The number of amides is 1. The van der Waals surface area contributed by atoms with Crippen LogP contribution in [0.3, 0.4) is 0 Å². The lowest BCUT2D eigenvalue weighted by Gasteiger charge is -2.20. The minimum Gasteiger partial charge on any atom is -0.348 e. The average Bonchev–Trinajstić information content (AvgIpc) is 2.98. The normalized spacial score (nSPS) is 14.7. The lowest BCUT2D eigenvalue weighted by atomic mass is 9.89. The Labute approximate surface area is 168 Å². The maximum Gasteiger partial charge on any atom is 0.262 e. The van der Waals surface area contributed by atoms with E-state index < -0.39 is 0 Å². The van der Waals surface area contributed by atoms with Crippen LogP contribution in [0.15, 0.2) is 29.3 Å². The SMILES string of the molecule is Cc1sc2ncn(CC(=O)N[C@H](C)c3ccc4c(c3)CCCC4)c(=O)c2c1C. The van der Waals surface area contributed by atoms with Gasteiger partial charge in [0.15, 0.2) is 0 Å². The van der Waals surface area contributed by atoms with Gasteiger partial charge in [-0.1, -0.05) is 18.2 Å². The van der Waals surface area contributed by atoms with E-state index in [1.165, 1.54) is 46.2 Å². The molecule has 5 nitrogen and oxygen atoms in total. The van der Waals surface area contributed by atoms with E-state index in [4.69, 9.17) is 0 Å². The molecule has 4 rings (SSSR count). The minimum atomic E-state index is -0.182. The number of nitrogens with one attached hydrogen (secondary N) is 1. The fourth-order valence-corrected chi connectivity index (χ4v) is 4.92. The second kappa shape index (κ2) is 7.51. The van der Waals surface area contributed by atoms with E-state index in [0.717, 1.165) is 33.7 Å². The zero-order chi connectivity index (χ0) is 19.8. The van der Waals surface area contributed by atoms with Crippen molar-refractivity contribution < 1.29 is 4.79 Å². The van der Waals surface area contributed by atoms with Gasteiger partial charge in [-0.3, -0.25) is 14.2 Å². The van der Waals surface area contributed by atoms with Gasteiger partial charge >= 0.3 is 0 Å². The predicted molar refractivity (Wildman–Crippen MR) is 113 cm³/mol. The van der Waals surface area contributed by atoms with Crippen LogP contribution in [0.2, 0.25) is 0 Å². The van der Waals surface area contributed by atoms with Crippen LogP contribution in [0.1, 0.15) is 52.9 Å². The Morgan fingerprint density at radius 2 is 2.00 bits per heavy atom. The van der Waals surface area contributed by atoms with Crippen molar-refractivity contribution in [3.8, 4) is 0 Å². The number of fused-ring (bicyclic) bond motifs is 2. The first-order chi connectivity index (χ1) is 13.4. The van der Waals surface area contributed by atoms with Crippen LogP contribution in [0, 0.1) is 13.8 Å². The van der Waals surface area contributed by atoms with Gasteiger partial charge in [-0.15, -0.1) is 11.3 Å². The summed E-state index contributed by atoms with van der Waals surface area (Å²) in [7, 11) is 0. The first-order valence-corrected chi connectivity index (χ1v) is 10.6. The Bertz CT molecular complexity index is 1110. The summed E-state index contributed by atoms with van der Waals surface area (Å²) in [5, 5.41) is 3.65. The van der Waals surface area contributed by atoms with E-state index >= 15 is 0 Å². The fourth-order valence-electron chi connectivity index (χ4n) is 3.93. The van der Waals surface area contributed by atoms with Crippen LogP contribution < -0.4 is 10.9 Å². The average molecular weight is 396 g/mol. The van der Waals surface area contributed by atoms with E-state index in [2.05, 4.69) is 28.5 Å². The third kappa shape index (κ3) is 3.49. The number of carbonyl (C=O) groups is 1. The lowest BCUT2D eigenvalue weighted by Crippen LogP contribution is -2.34. The summed E-state index contributed by atoms with van der Waals surface area (Å²) >= 11 is 1.51. The monoisotopic (exact) mass is 395 g/mol. The van der Waals surface area contributed by atoms with Crippen LogP contribution in [-0.2, 0) is 24.2 Å². The van der Waals surface area contributed by atoms with Gasteiger partial charge in [-0.25, -0.2) is 4.98 Å². The molecule has 0 spiro atoms. The molecule has 3 aromatic rings. The number of rotatable bonds is 4. The Hall–Kier alpha value is -2.47. The molecule has 0 aliphatic heterocycles. The van der Waals surface area contributed by atoms with E-state index in [9.17, 15) is 9.59 Å². The van der Waals surface area contributed by atoms with Gasteiger partial charge in [0, 0.05) is 4.88 Å². The van der Waals surface area contributed by atoms with Gasteiger partial charge < -0.3 is 5.32 Å². The Morgan fingerprint density at radius 1 is 1.25 bits per heavy atom. The van der Waals surface area contributed by atoms with E-state index in [1.807, 2.05) is 20.8 Å². The van der Waals surface area contributed by atoms with Crippen molar-refractivity contribution in [3.05, 3.63) is 62.0 Å². The molecule has 6 heteroatoms. The zero-order valence-electron chi connectivity index (χ0n) is 16.5. The van der Waals surface area contributed by atoms with Crippen molar-refractivity contribution in [1.29, 1.82) is 0 Å². The molecular formula is C22H25N3O2S. The Balaban J connectivity index is 1.50. The van der Waals surface area contributed by atoms with Crippen LogP contribution >= 0.6 is 11.3 Å². The number of hydrogen-bond acceptors (Lipinski definition) is 4. The second-order valence-electron chi connectivity index (χ2n) is 7.67. The topological polar surface area (TPSA) is 64.0 Å². The second-order valence-corrected chi connectivity index (χ2v) is 8.87. The number of thiophene rings is 1. The standard InChI is InChI=1S/C22H25N3O2S/c1-13-15(3)28-21-20(13)22(27)25(12-23-21)11-19(26)24-14(2)17-9-8-16-6-4-5-7-18(16)10-17/h8-10,12,14H,4-7,11H2,1-3H3,(H,24,26)/t14-/m1/s1. The maximum absolute atomic E-state index is 12.8. The van der Waals surface area contributed by atoms with Crippen LogP contribution in [0.25, 0.3) is 10.2 Å². The number of carbonyl (C=O) groups excluding carboxylic acids is 1. The molecule has 0 saturated carbocycles. The molecule has 0 saturated heterocycles. The largest absolute Gasteiger partial charge is 0.348 e. The Morgan fingerprint density at radius 3 is 2.79 bits per heavy atom. The van der Waals surface area contributed by atoms with Gasteiger partial charge in [0.05, 0.1) is 17.8 Å².